The molecule has 0 aliphatic carbocycles. The number of carbonyl (C=O) groups excluding carboxylic acids is 1. The van der Waals surface area contributed by atoms with E-state index in [4.69, 9.17) is 5.11 Å². The Kier molecular flexibility index (Phi) is 4.10. The topological polar surface area (TPSA) is 54.4 Å². The largest absolute Gasteiger partial charge is 0.478 e. The third-order valence-electron chi connectivity index (χ3n) is 1.99. The van der Waals surface area contributed by atoms with Crippen molar-refractivity contribution in [1.29, 1.82) is 0 Å². The molecule has 3 nitrogen and oxygen atoms in total. The van der Waals surface area contributed by atoms with Crippen molar-refractivity contribution in [2.24, 2.45) is 0 Å². The van der Waals surface area contributed by atoms with Crippen LogP contribution in [0.15, 0.2) is 18.2 Å². The van der Waals surface area contributed by atoms with E-state index < -0.39 is 23.3 Å². The van der Waals surface area contributed by atoms with Gasteiger partial charge in [-0.1, -0.05) is 11.8 Å². The van der Waals surface area contributed by atoms with Crippen molar-refractivity contribution in [1.82, 2.24) is 0 Å². The third-order valence-corrected chi connectivity index (χ3v) is 1.99. The Labute approximate surface area is 100 Å². The molecule has 6 heteroatoms. The molecule has 0 saturated heterocycles. The molecule has 0 heterocycles. The molecule has 0 aliphatic heterocycles. The van der Waals surface area contributed by atoms with Crippen LogP contribution in [0.2, 0.25) is 0 Å². The highest BCUT2D eigenvalue weighted by atomic mass is 19.4. The maximum atomic E-state index is 12.4. The van der Waals surface area contributed by atoms with Crippen molar-refractivity contribution < 1.29 is 27.9 Å². The van der Waals surface area contributed by atoms with Gasteiger partial charge in [0.05, 0.1) is 17.5 Å². The number of halogens is 3. The van der Waals surface area contributed by atoms with E-state index in [-0.39, 0.29) is 12.0 Å². The molecule has 0 radical (unpaired) electrons. The van der Waals surface area contributed by atoms with Gasteiger partial charge in [0.2, 0.25) is 0 Å². The maximum Gasteiger partial charge on any atom is 0.416 e. The highest BCUT2D eigenvalue weighted by Gasteiger charge is 2.31. The van der Waals surface area contributed by atoms with Gasteiger partial charge in [0.1, 0.15) is 6.29 Å². The lowest BCUT2D eigenvalue weighted by Crippen LogP contribution is -2.08. The Balaban J connectivity index is 3.27. The number of hydrogen-bond donors (Lipinski definition) is 1. The number of rotatable bonds is 2. The lowest BCUT2D eigenvalue weighted by Gasteiger charge is -2.08. The van der Waals surface area contributed by atoms with Crippen LogP contribution in [-0.2, 0) is 11.0 Å². The third kappa shape index (κ3) is 3.35. The first-order valence-corrected chi connectivity index (χ1v) is 4.73. The van der Waals surface area contributed by atoms with Crippen molar-refractivity contribution in [3.63, 3.8) is 0 Å². The highest BCUT2D eigenvalue weighted by Crippen LogP contribution is 2.30. The molecular formula is C12H7F3O3. The molecule has 0 saturated carbocycles. The number of carboxylic acid groups (broad SMARTS) is 1. The summed E-state index contributed by atoms with van der Waals surface area (Å²) in [6.07, 6.45) is -4.21. The van der Waals surface area contributed by atoms with E-state index in [1.165, 1.54) is 0 Å². The monoisotopic (exact) mass is 256 g/mol. The normalized spacial score (nSPS) is 10.4. The molecule has 0 spiro atoms. The zero-order valence-electron chi connectivity index (χ0n) is 8.91. The zero-order chi connectivity index (χ0) is 13.8. The Morgan fingerprint density at radius 1 is 1.39 bits per heavy atom. The van der Waals surface area contributed by atoms with E-state index in [0.29, 0.717) is 12.4 Å². The zero-order valence-corrected chi connectivity index (χ0v) is 8.91. The van der Waals surface area contributed by atoms with Gasteiger partial charge < -0.3 is 9.90 Å². The number of hydrogen-bond acceptors (Lipinski definition) is 2. The van der Waals surface area contributed by atoms with Crippen LogP contribution in [0.4, 0.5) is 13.2 Å². The molecule has 0 aromatic heterocycles. The van der Waals surface area contributed by atoms with Crippen molar-refractivity contribution in [3.05, 3.63) is 34.9 Å². The van der Waals surface area contributed by atoms with Gasteiger partial charge in [0, 0.05) is 5.56 Å². The van der Waals surface area contributed by atoms with E-state index >= 15 is 0 Å². The summed E-state index contributed by atoms with van der Waals surface area (Å²) in [5, 5.41) is 8.81. The van der Waals surface area contributed by atoms with Crippen LogP contribution in [0.5, 0.6) is 0 Å². The van der Waals surface area contributed by atoms with Crippen molar-refractivity contribution in [2.45, 2.75) is 12.6 Å². The summed E-state index contributed by atoms with van der Waals surface area (Å²) in [5.74, 6) is 3.18. The Hall–Kier alpha value is -2.29. The first-order valence-electron chi connectivity index (χ1n) is 4.73. The second-order valence-electron chi connectivity index (χ2n) is 3.24. The molecule has 94 valence electrons. The van der Waals surface area contributed by atoms with Gasteiger partial charge in [-0.2, -0.15) is 13.2 Å². The molecule has 1 rings (SSSR count). The quantitative estimate of drug-likeness (QED) is 0.652. The van der Waals surface area contributed by atoms with E-state index in [2.05, 4.69) is 11.8 Å². The Morgan fingerprint density at radius 3 is 2.56 bits per heavy atom. The molecule has 1 N–H and O–H groups in total. The van der Waals surface area contributed by atoms with E-state index in [1.807, 2.05) is 0 Å². The van der Waals surface area contributed by atoms with Crippen LogP contribution in [0.1, 0.15) is 27.9 Å². The van der Waals surface area contributed by atoms with Gasteiger partial charge in [0.25, 0.3) is 0 Å². The molecule has 0 amide bonds. The summed E-state index contributed by atoms with van der Waals surface area (Å²) < 4.78 is 37.2. The predicted molar refractivity (Wildman–Crippen MR) is 56.0 cm³/mol. The number of carboxylic acids is 1. The second-order valence-corrected chi connectivity index (χ2v) is 3.24. The molecular weight excluding hydrogens is 249 g/mol. The summed E-state index contributed by atoms with van der Waals surface area (Å²) in [7, 11) is 0. The second kappa shape index (κ2) is 5.36. The van der Waals surface area contributed by atoms with Gasteiger partial charge in [-0.15, -0.1) is 0 Å². The fourth-order valence-corrected chi connectivity index (χ4v) is 1.19. The summed E-state index contributed by atoms with van der Waals surface area (Å²) in [6.45, 7) is 0. The molecule has 1 aromatic carbocycles. The number of aromatic carboxylic acids is 1. The lowest BCUT2D eigenvalue weighted by molar-refractivity contribution is -0.137. The average molecular weight is 256 g/mol. The Bertz CT molecular complexity index is 536. The Morgan fingerprint density at radius 2 is 2.06 bits per heavy atom. The average Bonchev–Trinajstić information content (AvgIpc) is 2.28. The van der Waals surface area contributed by atoms with Gasteiger partial charge in [0.15, 0.2) is 0 Å². The lowest BCUT2D eigenvalue weighted by atomic mass is 10.0. The summed E-state index contributed by atoms with van der Waals surface area (Å²) in [5.41, 5.74) is -1.65. The maximum absolute atomic E-state index is 12.4. The van der Waals surface area contributed by atoms with Crippen LogP contribution in [-0.4, -0.2) is 17.4 Å². The molecule has 0 unspecified atom stereocenters. The molecule has 0 aliphatic rings. The standard InChI is InChI=1S/C12H7F3O3/c13-12(14,15)9-5-4-8(3-1-2-6-16)10(7-9)11(17)18/h4-7H,2H2,(H,17,18). The number of alkyl halides is 3. The van der Waals surface area contributed by atoms with Gasteiger partial charge >= 0.3 is 12.1 Å². The SMILES string of the molecule is O=CCC#Cc1ccc(C(F)(F)F)cc1C(=O)O. The minimum Gasteiger partial charge on any atom is -0.478 e. The predicted octanol–water partition coefficient (Wildman–Crippen LogP) is 2.34. The summed E-state index contributed by atoms with van der Waals surface area (Å²) >= 11 is 0. The smallest absolute Gasteiger partial charge is 0.416 e. The fourth-order valence-electron chi connectivity index (χ4n) is 1.19. The van der Waals surface area contributed by atoms with Gasteiger partial charge in [-0.05, 0) is 18.2 Å². The van der Waals surface area contributed by atoms with Crippen LogP contribution in [0.25, 0.3) is 0 Å². The summed E-state index contributed by atoms with van der Waals surface area (Å²) in [4.78, 5) is 20.9. The van der Waals surface area contributed by atoms with E-state index in [0.717, 1.165) is 12.1 Å². The molecule has 0 atom stereocenters. The van der Waals surface area contributed by atoms with Crippen molar-refractivity contribution in [3.8, 4) is 11.8 Å². The minimum atomic E-state index is -4.61. The van der Waals surface area contributed by atoms with Gasteiger partial charge in [-0.3, -0.25) is 0 Å². The van der Waals surface area contributed by atoms with Crippen LogP contribution in [0, 0.1) is 11.8 Å². The minimum absolute atomic E-state index is 0.0580. The first-order chi connectivity index (χ1) is 8.36. The van der Waals surface area contributed by atoms with Crippen LogP contribution >= 0.6 is 0 Å². The summed E-state index contributed by atoms with van der Waals surface area (Å²) in [6, 6.07) is 2.24. The van der Waals surface area contributed by atoms with Crippen molar-refractivity contribution >= 4 is 12.3 Å². The fraction of sp³-hybridized carbons (Fsp3) is 0.167. The molecule has 18 heavy (non-hydrogen) atoms. The number of benzene rings is 1. The van der Waals surface area contributed by atoms with Gasteiger partial charge in [-0.25, -0.2) is 4.79 Å². The number of aldehydes is 1. The number of carbonyl (C=O) groups is 2. The molecule has 0 bridgehead atoms. The first kappa shape index (κ1) is 13.8. The van der Waals surface area contributed by atoms with Crippen LogP contribution < -0.4 is 0 Å². The van der Waals surface area contributed by atoms with E-state index in [1.54, 1.807) is 0 Å². The molecule has 1 aromatic rings. The van der Waals surface area contributed by atoms with Crippen LogP contribution in [0.3, 0.4) is 0 Å². The van der Waals surface area contributed by atoms with Crippen molar-refractivity contribution in [2.75, 3.05) is 0 Å². The highest BCUT2D eigenvalue weighted by molar-refractivity contribution is 5.91. The molecule has 0 fully saturated rings. The van der Waals surface area contributed by atoms with E-state index in [9.17, 15) is 22.8 Å².